The number of carbonyl (C=O) groups is 1. The van der Waals surface area contributed by atoms with Gasteiger partial charge in [0.15, 0.2) is 0 Å². The average Bonchev–Trinajstić information content (AvgIpc) is 2.30. The van der Waals surface area contributed by atoms with Crippen LogP contribution in [0, 0.1) is 16.7 Å². The summed E-state index contributed by atoms with van der Waals surface area (Å²) in [5.74, 6) is -0.324. The molecule has 19 heavy (non-hydrogen) atoms. The molecule has 0 heterocycles. The van der Waals surface area contributed by atoms with Gasteiger partial charge in [0.25, 0.3) is 0 Å². The standard InChI is InChI=1S/C13H12F2N2O2/c14-12(15)19-10-4-2-9(3-5-10)17-11(18)13(8-16)6-1-7-13/h2-5,12H,1,6-7H2,(H,17,18). The largest absolute Gasteiger partial charge is 0.435 e. The van der Waals surface area contributed by atoms with Gasteiger partial charge in [0.1, 0.15) is 11.2 Å². The Morgan fingerprint density at radius 1 is 1.37 bits per heavy atom. The summed E-state index contributed by atoms with van der Waals surface area (Å²) in [6.45, 7) is -2.88. The Morgan fingerprint density at radius 3 is 2.42 bits per heavy atom. The predicted molar refractivity (Wildman–Crippen MR) is 63.6 cm³/mol. The van der Waals surface area contributed by atoms with Crippen molar-refractivity contribution in [3.05, 3.63) is 24.3 Å². The van der Waals surface area contributed by atoms with E-state index >= 15 is 0 Å². The van der Waals surface area contributed by atoms with Crippen molar-refractivity contribution < 1.29 is 18.3 Å². The molecule has 1 aromatic carbocycles. The third-order valence-corrected chi connectivity index (χ3v) is 3.19. The minimum atomic E-state index is -2.88. The van der Waals surface area contributed by atoms with Crippen LogP contribution in [0.5, 0.6) is 5.75 Å². The molecule has 0 bridgehead atoms. The molecule has 0 aliphatic heterocycles. The van der Waals surface area contributed by atoms with Crippen LogP contribution in [0.15, 0.2) is 24.3 Å². The maximum Gasteiger partial charge on any atom is 0.387 e. The number of hydrogen-bond donors (Lipinski definition) is 1. The molecule has 1 aromatic rings. The summed E-state index contributed by atoms with van der Waals surface area (Å²) in [7, 11) is 0. The van der Waals surface area contributed by atoms with Crippen molar-refractivity contribution in [1.29, 1.82) is 5.26 Å². The molecule has 0 atom stereocenters. The number of hydrogen-bond acceptors (Lipinski definition) is 3. The van der Waals surface area contributed by atoms with E-state index < -0.39 is 12.0 Å². The van der Waals surface area contributed by atoms with Gasteiger partial charge < -0.3 is 10.1 Å². The Morgan fingerprint density at radius 2 is 2.00 bits per heavy atom. The molecule has 0 spiro atoms. The van der Waals surface area contributed by atoms with Crippen LogP contribution in [0.1, 0.15) is 19.3 Å². The van der Waals surface area contributed by atoms with Crippen LogP contribution in [-0.2, 0) is 4.79 Å². The first kappa shape index (κ1) is 13.3. The van der Waals surface area contributed by atoms with E-state index in [2.05, 4.69) is 10.1 Å². The number of alkyl halides is 2. The Bertz CT molecular complexity index is 504. The molecule has 100 valence electrons. The number of nitrogens with one attached hydrogen (secondary N) is 1. The van der Waals surface area contributed by atoms with Crippen molar-refractivity contribution in [2.45, 2.75) is 25.9 Å². The fraction of sp³-hybridized carbons (Fsp3) is 0.385. The van der Waals surface area contributed by atoms with Crippen molar-refractivity contribution in [2.75, 3.05) is 5.32 Å². The molecule has 4 nitrogen and oxygen atoms in total. The topological polar surface area (TPSA) is 62.1 Å². The van der Waals surface area contributed by atoms with Crippen molar-refractivity contribution in [1.82, 2.24) is 0 Å². The summed E-state index contributed by atoms with van der Waals surface area (Å²) in [6, 6.07) is 7.62. The summed E-state index contributed by atoms with van der Waals surface area (Å²) in [6.07, 6.45) is 1.98. The Kier molecular flexibility index (Phi) is 3.65. The van der Waals surface area contributed by atoms with Crippen molar-refractivity contribution in [3.8, 4) is 11.8 Å². The highest BCUT2D eigenvalue weighted by atomic mass is 19.3. The number of nitrogens with zero attached hydrogens (tertiary/aromatic N) is 1. The van der Waals surface area contributed by atoms with Crippen LogP contribution in [0.4, 0.5) is 14.5 Å². The van der Waals surface area contributed by atoms with Gasteiger partial charge in [-0.15, -0.1) is 0 Å². The lowest BCUT2D eigenvalue weighted by Crippen LogP contribution is -2.40. The lowest BCUT2D eigenvalue weighted by atomic mass is 9.69. The quantitative estimate of drug-likeness (QED) is 0.911. The number of ether oxygens (including phenoxy) is 1. The van der Waals surface area contributed by atoms with Gasteiger partial charge in [-0.3, -0.25) is 4.79 Å². The highest BCUT2D eigenvalue weighted by Gasteiger charge is 2.44. The summed E-state index contributed by atoms with van der Waals surface area (Å²) in [5.41, 5.74) is -0.480. The van der Waals surface area contributed by atoms with Gasteiger partial charge in [0.2, 0.25) is 5.91 Å². The van der Waals surface area contributed by atoms with E-state index in [1.54, 1.807) is 0 Å². The fourth-order valence-electron chi connectivity index (χ4n) is 1.89. The molecule has 0 unspecified atom stereocenters. The van der Waals surface area contributed by atoms with E-state index in [1.807, 2.05) is 6.07 Å². The van der Waals surface area contributed by atoms with E-state index in [0.29, 0.717) is 18.5 Å². The zero-order valence-electron chi connectivity index (χ0n) is 10.0. The van der Waals surface area contributed by atoms with E-state index in [-0.39, 0.29) is 11.7 Å². The van der Waals surface area contributed by atoms with Crippen molar-refractivity contribution in [3.63, 3.8) is 0 Å². The molecule has 1 aliphatic carbocycles. The molecule has 1 fully saturated rings. The third kappa shape index (κ3) is 2.81. The maximum atomic E-state index is 12.0. The molecule has 0 saturated heterocycles. The lowest BCUT2D eigenvalue weighted by Gasteiger charge is -2.33. The van der Waals surface area contributed by atoms with E-state index in [9.17, 15) is 13.6 Å². The molecule has 6 heteroatoms. The van der Waals surface area contributed by atoms with Crippen LogP contribution in [-0.4, -0.2) is 12.5 Å². The first-order valence-electron chi connectivity index (χ1n) is 5.83. The minimum Gasteiger partial charge on any atom is -0.435 e. The molecule has 1 saturated carbocycles. The van der Waals surface area contributed by atoms with Gasteiger partial charge in [-0.25, -0.2) is 0 Å². The summed E-state index contributed by atoms with van der Waals surface area (Å²) >= 11 is 0. The minimum absolute atomic E-state index is 0.0200. The molecule has 1 N–H and O–H groups in total. The zero-order chi connectivity index (χ0) is 13.9. The van der Waals surface area contributed by atoms with Crippen LogP contribution >= 0.6 is 0 Å². The van der Waals surface area contributed by atoms with Crippen LogP contribution in [0.25, 0.3) is 0 Å². The number of anilines is 1. The number of carbonyl (C=O) groups excluding carboxylic acids is 1. The number of nitriles is 1. The smallest absolute Gasteiger partial charge is 0.387 e. The Balaban J connectivity index is 2.00. The Labute approximate surface area is 109 Å². The van der Waals surface area contributed by atoms with E-state index in [4.69, 9.17) is 5.26 Å². The van der Waals surface area contributed by atoms with Gasteiger partial charge >= 0.3 is 6.61 Å². The highest BCUT2D eigenvalue weighted by molar-refractivity contribution is 5.97. The first-order valence-corrected chi connectivity index (χ1v) is 5.83. The zero-order valence-corrected chi connectivity index (χ0v) is 10.0. The molecular weight excluding hydrogens is 254 g/mol. The van der Waals surface area contributed by atoms with Gasteiger partial charge in [0.05, 0.1) is 6.07 Å². The van der Waals surface area contributed by atoms with Gasteiger partial charge in [-0.2, -0.15) is 14.0 Å². The first-order chi connectivity index (χ1) is 9.05. The fourth-order valence-corrected chi connectivity index (χ4v) is 1.89. The van der Waals surface area contributed by atoms with Crippen LogP contribution < -0.4 is 10.1 Å². The molecule has 0 aromatic heterocycles. The summed E-state index contributed by atoms with van der Waals surface area (Å²) in [5, 5.41) is 11.6. The number of halogens is 2. The second-order valence-electron chi connectivity index (χ2n) is 4.40. The molecule has 1 aliphatic rings. The third-order valence-electron chi connectivity index (χ3n) is 3.19. The average molecular weight is 266 g/mol. The SMILES string of the molecule is N#CC1(C(=O)Nc2ccc(OC(F)F)cc2)CCC1. The maximum absolute atomic E-state index is 12.0. The van der Waals surface area contributed by atoms with Crippen molar-refractivity contribution >= 4 is 11.6 Å². The van der Waals surface area contributed by atoms with Crippen molar-refractivity contribution in [2.24, 2.45) is 5.41 Å². The number of rotatable bonds is 4. The molecule has 0 radical (unpaired) electrons. The highest BCUT2D eigenvalue weighted by Crippen LogP contribution is 2.41. The number of benzene rings is 1. The van der Waals surface area contributed by atoms with Gasteiger partial charge in [-0.1, -0.05) is 0 Å². The van der Waals surface area contributed by atoms with E-state index in [1.165, 1.54) is 24.3 Å². The summed E-state index contributed by atoms with van der Waals surface area (Å²) in [4.78, 5) is 11.9. The molecule has 2 rings (SSSR count). The van der Waals surface area contributed by atoms with Gasteiger partial charge in [-0.05, 0) is 43.5 Å². The van der Waals surface area contributed by atoms with Gasteiger partial charge in [0, 0.05) is 5.69 Å². The van der Waals surface area contributed by atoms with Crippen LogP contribution in [0.3, 0.4) is 0 Å². The second kappa shape index (κ2) is 5.22. The summed E-state index contributed by atoms with van der Waals surface area (Å²) < 4.78 is 28.1. The van der Waals surface area contributed by atoms with Crippen LogP contribution in [0.2, 0.25) is 0 Å². The van der Waals surface area contributed by atoms with E-state index in [0.717, 1.165) is 6.42 Å². The lowest BCUT2D eigenvalue weighted by molar-refractivity contribution is -0.126. The molecule has 1 amide bonds. The number of amides is 1. The normalized spacial score (nSPS) is 16.3. The molecular formula is C13H12F2N2O2. The monoisotopic (exact) mass is 266 g/mol. The second-order valence-corrected chi connectivity index (χ2v) is 4.40. The predicted octanol–water partition coefficient (Wildman–Crippen LogP) is 2.92. The Hall–Kier alpha value is -2.16.